The van der Waals surface area contributed by atoms with Crippen LogP contribution in [0.2, 0.25) is 0 Å². The Kier molecular flexibility index (Phi) is 5.79. The van der Waals surface area contributed by atoms with Gasteiger partial charge in [0, 0.05) is 33.7 Å². The Balaban J connectivity index is 1.56. The van der Waals surface area contributed by atoms with Gasteiger partial charge < -0.3 is 15.0 Å². The van der Waals surface area contributed by atoms with Crippen molar-refractivity contribution in [2.75, 3.05) is 6.54 Å². The first-order chi connectivity index (χ1) is 16.4. The molecule has 170 valence electrons. The van der Waals surface area contributed by atoms with Crippen LogP contribution in [-0.4, -0.2) is 33.2 Å². The fourth-order valence-corrected chi connectivity index (χ4v) is 4.71. The van der Waals surface area contributed by atoms with E-state index in [0.29, 0.717) is 17.5 Å². The summed E-state index contributed by atoms with van der Waals surface area (Å²) in [5, 5.41) is 12.1. The number of halogens is 2. The van der Waals surface area contributed by atoms with Crippen LogP contribution < -0.4 is 0 Å². The van der Waals surface area contributed by atoms with Crippen LogP contribution in [0.3, 0.4) is 0 Å². The van der Waals surface area contributed by atoms with Gasteiger partial charge in [0.15, 0.2) is 0 Å². The monoisotopic (exact) mass is 518 g/mol. The molecular formula is C27H20BrFN2O3. The largest absolute Gasteiger partial charge is 0.507 e. The van der Waals surface area contributed by atoms with Gasteiger partial charge in [-0.3, -0.25) is 9.59 Å². The number of Topliss-reactive ketones (excluding diaryl/α,β-unsaturated/α-hetero) is 1. The lowest BCUT2D eigenvalue weighted by Crippen LogP contribution is -2.31. The Morgan fingerprint density at radius 2 is 1.71 bits per heavy atom. The molecule has 1 saturated heterocycles. The second-order valence-electron chi connectivity index (χ2n) is 8.16. The van der Waals surface area contributed by atoms with Crippen LogP contribution in [-0.2, 0) is 16.0 Å². The van der Waals surface area contributed by atoms with Crippen LogP contribution in [0.1, 0.15) is 22.7 Å². The number of aromatic nitrogens is 1. The molecule has 4 aromatic rings. The number of fused-ring (bicyclic) bond motifs is 1. The number of likely N-dealkylation sites (tertiary alicyclic amines) is 1. The number of aliphatic hydroxyl groups excluding tert-OH is 1. The number of rotatable bonds is 5. The van der Waals surface area contributed by atoms with Crippen molar-refractivity contribution < 1.29 is 19.1 Å². The summed E-state index contributed by atoms with van der Waals surface area (Å²) in [5.41, 5.74) is 2.98. The molecule has 5 nitrogen and oxygen atoms in total. The predicted octanol–water partition coefficient (Wildman–Crippen LogP) is 5.73. The highest BCUT2D eigenvalue weighted by Crippen LogP contribution is 2.39. The van der Waals surface area contributed by atoms with E-state index in [0.717, 1.165) is 20.9 Å². The summed E-state index contributed by atoms with van der Waals surface area (Å²) < 4.78 is 14.5. The Labute approximate surface area is 203 Å². The Morgan fingerprint density at radius 1 is 1.00 bits per heavy atom. The van der Waals surface area contributed by atoms with Gasteiger partial charge in [0.25, 0.3) is 11.7 Å². The fourth-order valence-electron chi connectivity index (χ4n) is 4.44. The molecule has 1 amide bonds. The van der Waals surface area contributed by atoms with Crippen LogP contribution in [0.5, 0.6) is 0 Å². The normalized spacial score (nSPS) is 17.6. The van der Waals surface area contributed by atoms with E-state index in [1.165, 1.54) is 17.0 Å². The Bertz CT molecular complexity index is 1420. The van der Waals surface area contributed by atoms with Gasteiger partial charge in [-0.2, -0.15) is 0 Å². The molecule has 0 spiro atoms. The maximum absolute atomic E-state index is 13.6. The zero-order valence-corrected chi connectivity index (χ0v) is 19.5. The molecule has 0 unspecified atom stereocenters. The molecule has 1 aliphatic rings. The second-order valence-corrected chi connectivity index (χ2v) is 9.08. The summed E-state index contributed by atoms with van der Waals surface area (Å²) in [4.78, 5) is 30.9. The van der Waals surface area contributed by atoms with E-state index in [-0.39, 0.29) is 17.9 Å². The van der Waals surface area contributed by atoms with Gasteiger partial charge in [-0.25, -0.2) is 4.39 Å². The van der Waals surface area contributed by atoms with Crippen molar-refractivity contribution in [3.05, 3.63) is 112 Å². The highest BCUT2D eigenvalue weighted by Gasteiger charge is 2.45. The average Bonchev–Trinajstić information content (AvgIpc) is 3.37. The topological polar surface area (TPSA) is 73.4 Å². The van der Waals surface area contributed by atoms with Crippen LogP contribution in [0.4, 0.5) is 4.39 Å². The molecule has 0 bridgehead atoms. The average molecular weight is 519 g/mol. The van der Waals surface area contributed by atoms with Gasteiger partial charge >= 0.3 is 0 Å². The molecule has 7 heteroatoms. The predicted molar refractivity (Wildman–Crippen MR) is 132 cm³/mol. The maximum Gasteiger partial charge on any atom is 0.295 e. The lowest BCUT2D eigenvalue weighted by atomic mass is 9.95. The summed E-state index contributed by atoms with van der Waals surface area (Å²) in [5.74, 6) is -2.12. The number of nitrogens with one attached hydrogen (secondary N) is 1. The van der Waals surface area contributed by atoms with Gasteiger partial charge in [-0.15, -0.1) is 0 Å². The summed E-state index contributed by atoms with van der Waals surface area (Å²) in [6.07, 6.45) is 2.41. The number of benzene rings is 3. The first-order valence-electron chi connectivity index (χ1n) is 10.8. The van der Waals surface area contributed by atoms with E-state index in [1.807, 2.05) is 30.5 Å². The van der Waals surface area contributed by atoms with Gasteiger partial charge in [-0.05, 0) is 47.9 Å². The molecular weight excluding hydrogens is 499 g/mol. The summed E-state index contributed by atoms with van der Waals surface area (Å²) >= 11 is 3.36. The first-order valence-corrected chi connectivity index (χ1v) is 11.6. The number of aliphatic hydroxyl groups is 1. The summed E-state index contributed by atoms with van der Waals surface area (Å²) in [6, 6.07) is 19.5. The minimum absolute atomic E-state index is 0.00198. The zero-order chi connectivity index (χ0) is 23.8. The molecule has 1 aromatic heterocycles. The lowest BCUT2D eigenvalue weighted by molar-refractivity contribution is -0.139. The van der Waals surface area contributed by atoms with Crippen LogP contribution in [0.25, 0.3) is 16.7 Å². The minimum atomic E-state index is -0.825. The van der Waals surface area contributed by atoms with Crippen molar-refractivity contribution in [1.29, 1.82) is 0 Å². The molecule has 34 heavy (non-hydrogen) atoms. The molecule has 1 atom stereocenters. The van der Waals surface area contributed by atoms with Crippen molar-refractivity contribution in [1.82, 2.24) is 9.88 Å². The third-order valence-electron chi connectivity index (χ3n) is 6.14. The number of ketones is 1. The number of carbonyl (C=O) groups excluding carboxylic acids is 2. The van der Waals surface area contributed by atoms with E-state index in [4.69, 9.17) is 0 Å². The zero-order valence-electron chi connectivity index (χ0n) is 18.0. The molecule has 2 N–H and O–H groups in total. The number of H-pyrrole nitrogens is 1. The fraction of sp³-hybridized carbons (Fsp3) is 0.111. The van der Waals surface area contributed by atoms with Crippen molar-refractivity contribution >= 4 is 44.3 Å². The minimum Gasteiger partial charge on any atom is -0.507 e. The number of aromatic amines is 1. The maximum atomic E-state index is 13.6. The van der Waals surface area contributed by atoms with E-state index in [2.05, 4.69) is 20.9 Å². The Hall–Kier alpha value is -3.71. The van der Waals surface area contributed by atoms with Crippen LogP contribution in [0.15, 0.2) is 89.0 Å². The van der Waals surface area contributed by atoms with Gasteiger partial charge in [0.05, 0.1) is 11.6 Å². The van der Waals surface area contributed by atoms with Crippen LogP contribution >= 0.6 is 15.9 Å². The lowest BCUT2D eigenvalue weighted by Gasteiger charge is -2.25. The molecule has 1 fully saturated rings. The number of nitrogens with zero attached hydrogens (tertiary/aromatic N) is 1. The highest BCUT2D eigenvalue weighted by atomic mass is 79.9. The third-order valence-corrected chi connectivity index (χ3v) is 6.67. The molecule has 0 saturated carbocycles. The van der Waals surface area contributed by atoms with E-state index in [9.17, 15) is 19.1 Å². The summed E-state index contributed by atoms with van der Waals surface area (Å²) in [7, 11) is 0. The number of hydrogen-bond donors (Lipinski definition) is 2. The van der Waals surface area contributed by atoms with E-state index >= 15 is 0 Å². The highest BCUT2D eigenvalue weighted by molar-refractivity contribution is 9.10. The van der Waals surface area contributed by atoms with Crippen molar-refractivity contribution in [3.8, 4) is 0 Å². The van der Waals surface area contributed by atoms with Crippen LogP contribution in [0, 0.1) is 5.82 Å². The number of amides is 1. The van der Waals surface area contributed by atoms with E-state index < -0.39 is 23.5 Å². The standard InChI is InChI=1S/C27H20BrFN2O3/c28-19-9-5-17(6-10-19)25(32)23-24(16-7-11-20(29)12-8-16)31(27(34)26(23)33)14-13-18-15-30-22-4-2-1-3-21(18)22/h1-12,15,24,30,32H,13-14H2/t24-/m0/s1. The smallest absolute Gasteiger partial charge is 0.295 e. The number of para-hydroxylation sites is 1. The van der Waals surface area contributed by atoms with Gasteiger partial charge in [0.1, 0.15) is 11.6 Å². The summed E-state index contributed by atoms with van der Waals surface area (Å²) in [6.45, 7) is 0.256. The molecule has 2 heterocycles. The Morgan fingerprint density at radius 3 is 2.44 bits per heavy atom. The SMILES string of the molecule is O=C1C(=O)N(CCc2c[nH]c3ccccc23)[C@@H](c2ccc(F)cc2)C1=C(O)c1ccc(Br)cc1. The molecule has 5 rings (SSSR count). The van der Waals surface area contributed by atoms with Gasteiger partial charge in [-0.1, -0.05) is 58.4 Å². The number of carbonyl (C=O) groups is 2. The molecule has 0 aliphatic carbocycles. The number of hydrogen-bond acceptors (Lipinski definition) is 3. The molecule has 1 aliphatic heterocycles. The third kappa shape index (κ3) is 3.92. The molecule has 0 radical (unpaired) electrons. The van der Waals surface area contributed by atoms with Crippen molar-refractivity contribution in [2.45, 2.75) is 12.5 Å². The first kappa shape index (κ1) is 22.1. The molecule has 3 aromatic carbocycles. The second kappa shape index (κ2) is 8.91. The van der Waals surface area contributed by atoms with Gasteiger partial charge in [0.2, 0.25) is 0 Å². The van der Waals surface area contributed by atoms with E-state index in [1.54, 1.807) is 36.4 Å². The van der Waals surface area contributed by atoms with Crippen molar-refractivity contribution in [3.63, 3.8) is 0 Å². The van der Waals surface area contributed by atoms with Crippen molar-refractivity contribution in [2.24, 2.45) is 0 Å². The quantitative estimate of drug-likeness (QED) is 0.201.